The molecular weight excluding hydrogens is 533 g/mol. The molecule has 4 aromatic rings. The minimum Gasteiger partial charge on any atom is -0.495 e. The lowest BCUT2D eigenvalue weighted by atomic mass is 10.1. The van der Waals surface area contributed by atoms with Crippen LogP contribution in [-0.2, 0) is 19.5 Å². The molecule has 186 valence electrons. The van der Waals surface area contributed by atoms with Gasteiger partial charge in [0.05, 0.1) is 18.7 Å². The number of aromatic nitrogens is 1. The van der Waals surface area contributed by atoms with Crippen LogP contribution in [0.3, 0.4) is 0 Å². The molecule has 0 unspecified atom stereocenters. The molecule has 0 atom stereocenters. The molecule has 0 spiro atoms. The van der Waals surface area contributed by atoms with E-state index in [1.54, 1.807) is 7.11 Å². The number of nitrogens with one attached hydrogen (secondary N) is 1. The summed E-state index contributed by atoms with van der Waals surface area (Å²) in [4.78, 5) is 2.15. The van der Waals surface area contributed by atoms with Gasteiger partial charge in [0.15, 0.2) is 5.11 Å². The number of thiocarbonyl (C=S) groups is 1. The van der Waals surface area contributed by atoms with E-state index in [2.05, 4.69) is 27.0 Å². The van der Waals surface area contributed by atoms with E-state index in [4.69, 9.17) is 51.8 Å². The van der Waals surface area contributed by atoms with Gasteiger partial charge in [0.25, 0.3) is 0 Å². The average Bonchev–Trinajstić information content (AvgIpc) is 3.30. The quantitative estimate of drug-likeness (QED) is 0.211. The van der Waals surface area contributed by atoms with E-state index in [9.17, 15) is 0 Å². The third-order valence-corrected chi connectivity index (χ3v) is 7.13. The number of hydrogen-bond acceptors (Lipinski definition) is 2. The Labute approximate surface area is 232 Å². The smallest absolute Gasteiger partial charge is 0.173 e. The van der Waals surface area contributed by atoms with E-state index in [1.165, 1.54) is 5.56 Å². The van der Waals surface area contributed by atoms with Crippen molar-refractivity contribution in [3.63, 3.8) is 0 Å². The number of methoxy groups -OCH3 is 1. The highest BCUT2D eigenvalue weighted by molar-refractivity contribution is 7.80. The molecule has 1 heterocycles. The van der Waals surface area contributed by atoms with Crippen LogP contribution in [0, 0.1) is 0 Å². The van der Waals surface area contributed by atoms with Gasteiger partial charge in [-0.05, 0) is 78.3 Å². The molecule has 4 rings (SSSR count). The third kappa shape index (κ3) is 6.95. The van der Waals surface area contributed by atoms with Crippen LogP contribution >= 0.6 is 47.0 Å². The Morgan fingerprint density at radius 3 is 2.44 bits per heavy atom. The van der Waals surface area contributed by atoms with Crippen molar-refractivity contribution in [2.24, 2.45) is 0 Å². The first-order valence-corrected chi connectivity index (χ1v) is 13.0. The zero-order valence-electron chi connectivity index (χ0n) is 19.8. The predicted molar refractivity (Wildman–Crippen MR) is 155 cm³/mol. The lowest BCUT2D eigenvalue weighted by Gasteiger charge is -2.27. The second-order valence-corrected chi connectivity index (χ2v) is 9.93. The van der Waals surface area contributed by atoms with Crippen LogP contribution in [0.25, 0.3) is 0 Å². The first-order valence-electron chi connectivity index (χ1n) is 11.4. The Kier molecular flexibility index (Phi) is 9.16. The molecule has 4 nitrogen and oxygen atoms in total. The van der Waals surface area contributed by atoms with Crippen molar-refractivity contribution in [2.75, 3.05) is 19.0 Å². The average molecular weight is 559 g/mol. The zero-order valence-corrected chi connectivity index (χ0v) is 22.8. The van der Waals surface area contributed by atoms with Crippen molar-refractivity contribution in [3.8, 4) is 5.75 Å². The molecule has 0 aliphatic rings. The van der Waals surface area contributed by atoms with Gasteiger partial charge in [0.2, 0.25) is 0 Å². The molecule has 8 heteroatoms. The Morgan fingerprint density at radius 2 is 1.72 bits per heavy atom. The van der Waals surface area contributed by atoms with Crippen molar-refractivity contribution in [1.82, 2.24) is 9.47 Å². The summed E-state index contributed by atoms with van der Waals surface area (Å²) >= 11 is 24.7. The van der Waals surface area contributed by atoms with Crippen molar-refractivity contribution >= 4 is 57.8 Å². The van der Waals surface area contributed by atoms with E-state index in [0.29, 0.717) is 35.5 Å². The molecule has 1 N–H and O–H groups in total. The molecule has 1 aromatic heterocycles. The highest BCUT2D eigenvalue weighted by atomic mass is 35.5. The van der Waals surface area contributed by atoms with E-state index >= 15 is 0 Å². The van der Waals surface area contributed by atoms with E-state index in [-0.39, 0.29) is 0 Å². The van der Waals surface area contributed by atoms with Gasteiger partial charge in [-0.2, -0.15) is 0 Å². The number of halogens is 3. The third-order valence-electron chi connectivity index (χ3n) is 5.85. The number of hydrogen-bond donors (Lipinski definition) is 1. The summed E-state index contributed by atoms with van der Waals surface area (Å²) in [6.07, 6.45) is 2.88. The highest BCUT2D eigenvalue weighted by Crippen LogP contribution is 2.27. The van der Waals surface area contributed by atoms with Crippen LogP contribution < -0.4 is 10.1 Å². The van der Waals surface area contributed by atoms with E-state index < -0.39 is 0 Å². The molecule has 0 fully saturated rings. The fourth-order valence-electron chi connectivity index (χ4n) is 3.87. The number of benzene rings is 3. The number of nitrogens with zero attached hydrogens (tertiary/aromatic N) is 2. The van der Waals surface area contributed by atoms with Gasteiger partial charge in [-0.25, -0.2) is 0 Å². The topological polar surface area (TPSA) is 29.4 Å². The van der Waals surface area contributed by atoms with Gasteiger partial charge < -0.3 is 19.5 Å². The van der Waals surface area contributed by atoms with Crippen molar-refractivity contribution in [2.45, 2.75) is 19.5 Å². The normalized spacial score (nSPS) is 10.8. The van der Waals surface area contributed by atoms with Crippen LogP contribution in [0.4, 0.5) is 5.69 Å². The maximum absolute atomic E-state index is 6.42. The van der Waals surface area contributed by atoms with Gasteiger partial charge in [-0.3, -0.25) is 0 Å². The van der Waals surface area contributed by atoms with Crippen molar-refractivity contribution < 1.29 is 4.74 Å². The maximum Gasteiger partial charge on any atom is 0.173 e. The largest absolute Gasteiger partial charge is 0.495 e. The summed E-state index contributed by atoms with van der Waals surface area (Å²) in [6, 6.07) is 25.5. The monoisotopic (exact) mass is 557 g/mol. The van der Waals surface area contributed by atoms with Crippen molar-refractivity contribution in [3.05, 3.63) is 117 Å². The molecule has 3 aromatic carbocycles. The molecule has 0 bridgehead atoms. The molecule has 0 aliphatic heterocycles. The Morgan fingerprint density at radius 1 is 0.944 bits per heavy atom. The lowest BCUT2D eigenvalue weighted by molar-refractivity contribution is 0.409. The molecule has 0 saturated carbocycles. The van der Waals surface area contributed by atoms with E-state index in [1.807, 2.05) is 72.8 Å². The van der Waals surface area contributed by atoms with Crippen molar-refractivity contribution in [1.29, 1.82) is 0 Å². The van der Waals surface area contributed by atoms with Crippen LogP contribution in [0.1, 0.15) is 16.8 Å². The fraction of sp³-hybridized carbons (Fsp3) is 0.179. The van der Waals surface area contributed by atoms with Gasteiger partial charge in [0.1, 0.15) is 5.75 Å². The summed E-state index contributed by atoms with van der Waals surface area (Å²) in [6.45, 7) is 2.02. The summed E-state index contributed by atoms with van der Waals surface area (Å²) in [5, 5.41) is 5.94. The van der Waals surface area contributed by atoms with Crippen LogP contribution in [-0.4, -0.2) is 28.2 Å². The van der Waals surface area contributed by atoms with Gasteiger partial charge in [-0.1, -0.05) is 65.1 Å². The van der Waals surface area contributed by atoms with Gasteiger partial charge >= 0.3 is 0 Å². The van der Waals surface area contributed by atoms with Crippen LogP contribution in [0.2, 0.25) is 15.1 Å². The SMILES string of the molecule is COc1ccc(NC(=S)N(CCc2ccc(Cl)cc2)Cc2cccn2Cc2ccccc2Cl)cc1Cl. The van der Waals surface area contributed by atoms with E-state index in [0.717, 1.165) is 33.4 Å². The predicted octanol–water partition coefficient (Wildman–Crippen LogP) is 7.95. The maximum atomic E-state index is 6.42. The molecule has 0 aliphatic carbocycles. The summed E-state index contributed by atoms with van der Waals surface area (Å²) in [5.41, 5.74) is 4.18. The fourth-order valence-corrected chi connectivity index (χ4v) is 4.72. The van der Waals surface area contributed by atoms with Crippen LogP contribution in [0.15, 0.2) is 85.1 Å². The Balaban J connectivity index is 1.53. The molecule has 36 heavy (non-hydrogen) atoms. The minimum absolute atomic E-state index is 0.520. The van der Waals surface area contributed by atoms with Gasteiger partial charge in [-0.15, -0.1) is 0 Å². The first kappa shape index (κ1) is 26.4. The summed E-state index contributed by atoms with van der Waals surface area (Å²) in [5.74, 6) is 0.616. The summed E-state index contributed by atoms with van der Waals surface area (Å²) in [7, 11) is 1.59. The molecule has 0 radical (unpaired) electrons. The standard InChI is InChI=1S/C28H26Cl3N3OS/c1-35-27-13-12-23(17-26(27)31)32-28(36)34(16-14-20-8-10-22(29)11-9-20)19-24-6-4-15-33(24)18-21-5-2-3-7-25(21)30/h2-13,15,17H,14,16,18-19H2,1H3,(H,32,36). The number of ether oxygens (including phenoxy) is 1. The first-order chi connectivity index (χ1) is 17.4. The molecular formula is C28H26Cl3N3OS. The Bertz CT molecular complexity index is 1320. The highest BCUT2D eigenvalue weighted by Gasteiger charge is 2.15. The Hall–Kier alpha value is -2.70. The molecule has 0 saturated heterocycles. The number of rotatable bonds is 9. The molecule has 0 amide bonds. The number of anilines is 1. The van der Waals surface area contributed by atoms with Crippen LogP contribution in [0.5, 0.6) is 5.75 Å². The van der Waals surface area contributed by atoms with Gasteiger partial charge in [0, 0.05) is 40.7 Å². The minimum atomic E-state index is 0.520. The zero-order chi connectivity index (χ0) is 25.5. The second kappa shape index (κ2) is 12.5. The lowest BCUT2D eigenvalue weighted by Crippen LogP contribution is -2.36. The second-order valence-electron chi connectivity index (χ2n) is 8.30. The summed E-state index contributed by atoms with van der Waals surface area (Å²) < 4.78 is 7.46.